The molecular weight excluding hydrogens is 254 g/mol. The van der Waals surface area contributed by atoms with Gasteiger partial charge < -0.3 is 15.8 Å². The third kappa shape index (κ3) is 5.56. The van der Waals surface area contributed by atoms with Crippen LogP contribution in [0.5, 0.6) is 0 Å². The van der Waals surface area contributed by atoms with Crippen LogP contribution in [0.3, 0.4) is 0 Å². The summed E-state index contributed by atoms with van der Waals surface area (Å²) < 4.78 is 4.64. The van der Waals surface area contributed by atoms with E-state index in [1.54, 1.807) is 12.1 Å². The van der Waals surface area contributed by atoms with Gasteiger partial charge in [0.2, 0.25) is 0 Å². The van der Waals surface area contributed by atoms with Gasteiger partial charge in [-0.25, -0.2) is 9.79 Å². The van der Waals surface area contributed by atoms with Crippen LogP contribution in [-0.2, 0) is 11.2 Å². The number of nitrogens with zero attached hydrogens (tertiary/aromatic N) is 1. The van der Waals surface area contributed by atoms with Crippen molar-refractivity contribution in [3.05, 3.63) is 47.5 Å². The summed E-state index contributed by atoms with van der Waals surface area (Å²) in [5.41, 5.74) is 8.33. The molecule has 0 unspecified atom stereocenters. The number of aliphatic imine (C=N–C) groups is 1. The van der Waals surface area contributed by atoms with Gasteiger partial charge in [0.05, 0.1) is 19.2 Å². The molecule has 1 aromatic rings. The van der Waals surface area contributed by atoms with Crippen LogP contribution in [0.2, 0.25) is 0 Å². The second kappa shape index (κ2) is 7.99. The van der Waals surface area contributed by atoms with Crippen LogP contribution in [0.4, 0.5) is 0 Å². The number of hydrogen-bond donors (Lipinski definition) is 2. The third-order valence-electron chi connectivity index (χ3n) is 2.61. The van der Waals surface area contributed by atoms with E-state index in [1.807, 2.05) is 19.1 Å². The molecule has 0 saturated carbocycles. The highest BCUT2D eigenvalue weighted by Gasteiger charge is 2.04. The van der Waals surface area contributed by atoms with Crippen LogP contribution >= 0.6 is 0 Å². The average molecular weight is 275 g/mol. The molecular formula is C15H21N3O2. The second-order valence-electron chi connectivity index (χ2n) is 4.52. The van der Waals surface area contributed by atoms with Crippen molar-refractivity contribution in [3.63, 3.8) is 0 Å². The quantitative estimate of drug-likeness (QED) is 0.357. The highest BCUT2D eigenvalue weighted by atomic mass is 16.5. The van der Waals surface area contributed by atoms with Gasteiger partial charge in [-0.1, -0.05) is 24.3 Å². The van der Waals surface area contributed by atoms with E-state index < -0.39 is 0 Å². The van der Waals surface area contributed by atoms with Crippen molar-refractivity contribution >= 4 is 11.9 Å². The Hall–Kier alpha value is -2.30. The fourth-order valence-corrected chi connectivity index (χ4v) is 1.54. The summed E-state index contributed by atoms with van der Waals surface area (Å²) in [7, 11) is 1.37. The summed E-state index contributed by atoms with van der Waals surface area (Å²) in [5.74, 6) is 0.0880. The number of rotatable bonds is 6. The summed E-state index contributed by atoms with van der Waals surface area (Å²) in [4.78, 5) is 15.4. The first kappa shape index (κ1) is 15.8. The molecule has 3 N–H and O–H groups in total. The number of methoxy groups -OCH3 is 1. The van der Waals surface area contributed by atoms with Crippen molar-refractivity contribution in [2.24, 2.45) is 10.7 Å². The summed E-state index contributed by atoms with van der Waals surface area (Å²) in [6.07, 6.45) is 0.796. The lowest BCUT2D eigenvalue weighted by molar-refractivity contribution is 0.0600. The van der Waals surface area contributed by atoms with E-state index in [0.29, 0.717) is 24.6 Å². The van der Waals surface area contributed by atoms with Gasteiger partial charge in [0, 0.05) is 6.54 Å². The molecule has 108 valence electrons. The lowest BCUT2D eigenvalue weighted by atomic mass is 10.1. The van der Waals surface area contributed by atoms with Crippen LogP contribution in [0.25, 0.3) is 0 Å². The minimum absolute atomic E-state index is 0.328. The molecule has 0 atom stereocenters. The summed E-state index contributed by atoms with van der Waals surface area (Å²) >= 11 is 0. The molecule has 0 fully saturated rings. The SMILES string of the molecule is C=C(C)CN=C(N)NCCc1ccc(C(=O)OC)cc1. The van der Waals surface area contributed by atoms with Gasteiger partial charge in [-0.15, -0.1) is 0 Å². The Bertz CT molecular complexity index is 492. The van der Waals surface area contributed by atoms with Gasteiger partial charge in [0.1, 0.15) is 0 Å². The Morgan fingerprint density at radius 1 is 1.40 bits per heavy atom. The first-order valence-corrected chi connectivity index (χ1v) is 6.38. The van der Waals surface area contributed by atoms with Gasteiger partial charge in [0.15, 0.2) is 5.96 Å². The summed E-state index contributed by atoms with van der Waals surface area (Å²) in [5, 5.41) is 3.03. The Labute approximate surface area is 119 Å². The Morgan fingerprint density at radius 2 is 2.05 bits per heavy atom. The first-order valence-electron chi connectivity index (χ1n) is 6.38. The predicted molar refractivity (Wildman–Crippen MR) is 80.8 cm³/mol. The molecule has 1 rings (SSSR count). The summed E-state index contributed by atoms with van der Waals surface area (Å²) in [6, 6.07) is 7.30. The van der Waals surface area contributed by atoms with Crippen LogP contribution in [-0.4, -0.2) is 32.1 Å². The standard InChI is InChI=1S/C15H21N3O2/c1-11(2)10-18-15(16)17-9-8-12-4-6-13(7-5-12)14(19)20-3/h4-7H,1,8-10H2,2-3H3,(H3,16,17,18). The smallest absolute Gasteiger partial charge is 0.337 e. The van der Waals surface area contributed by atoms with Gasteiger partial charge in [-0.3, -0.25) is 0 Å². The molecule has 1 aromatic carbocycles. The van der Waals surface area contributed by atoms with Crippen molar-refractivity contribution < 1.29 is 9.53 Å². The number of esters is 1. The van der Waals surface area contributed by atoms with E-state index in [4.69, 9.17) is 5.73 Å². The second-order valence-corrected chi connectivity index (χ2v) is 4.52. The van der Waals surface area contributed by atoms with E-state index in [2.05, 4.69) is 21.6 Å². The number of nitrogens with one attached hydrogen (secondary N) is 1. The number of carbonyl (C=O) groups is 1. The Balaban J connectivity index is 2.41. The summed E-state index contributed by atoms with van der Waals surface area (Å²) in [6.45, 7) is 6.88. The maximum absolute atomic E-state index is 11.3. The maximum Gasteiger partial charge on any atom is 0.337 e. The zero-order chi connectivity index (χ0) is 15.0. The minimum atomic E-state index is -0.328. The van der Waals surface area contributed by atoms with Gasteiger partial charge in [-0.2, -0.15) is 0 Å². The maximum atomic E-state index is 11.3. The first-order chi connectivity index (χ1) is 9.52. The van der Waals surface area contributed by atoms with Crippen molar-refractivity contribution in [1.82, 2.24) is 5.32 Å². The molecule has 0 aliphatic carbocycles. The van der Waals surface area contributed by atoms with Gasteiger partial charge in [0.25, 0.3) is 0 Å². The van der Waals surface area contributed by atoms with Crippen molar-refractivity contribution in [2.75, 3.05) is 20.2 Å². The number of ether oxygens (including phenoxy) is 1. The fraction of sp³-hybridized carbons (Fsp3) is 0.333. The van der Waals surface area contributed by atoms with E-state index in [0.717, 1.165) is 17.6 Å². The molecule has 0 aromatic heterocycles. The molecule has 0 aliphatic rings. The van der Waals surface area contributed by atoms with E-state index >= 15 is 0 Å². The number of benzene rings is 1. The van der Waals surface area contributed by atoms with Crippen molar-refractivity contribution in [2.45, 2.75) is 13.3 Å². The largest absolute Gasteiger partial charge is 0.465 e. The lowest BCUT2D eigenvalue weighted by Gasteiger charge is -2.06. The molecule has 0 spiro atoms. The number of carbonyl (C=O) groups excluding carboxylic acids is 1. The molecule has 5 heteroatoms. The van der Waals surface area contributed by atoms with Gasteiger partial charge in [-0.05, 0) is 31.0 Å². The predicted octanol–water partition coefficient (Wildman–Crippen LogP) is 1.50. The van der Waals surface area contributed by atoms with Crippen LogP contribution in [0, 0.1) is 0 Å². The molecule has 5 nitrogen and oxygen atoms in total. The van der Waals surface area contributed by atoms with E-state index in [1.165, 1.54) is 7.11 Å². The number of nitrogens with two attached hydrogens (primary N) is 1. The molecule has 0 heterocycles. The van der Waals surface area contributed by atoms with Crippen LogP contribution < -0.4 is 11.1 Å². The normalized spacial score (nSPS) is 11.0. The lowest BCUT2D eigenvalue weighted by Crippen LogP contribution is -2.33. The average Bonchev–Trinajstić information content (AvgIpc) is 2.45. The Morgan fingerprint density at radius 3 is 2.60 bits per heavy atom. The monoisotopic (exact) mass is 275 g/mol. The van der Waals surface area contributed by atoms with E-state index in [-0.39, 0.29) is 5.97 Å². The zero-order valence-corrected chi connectivity index (χ0v) is 12.0. The highest BCUT2D eigenvalue weighted by molar-refractivity contribution is 5.89. The van der Waals surface area contributed by atoms with Crippen LogP contribution in [0.15, 0.2) is 41.4 Å². The molecule has 0 amide bonds. The van der Waals surface area contributed by atoms with E-state index in [9.17, 15) is 4.79 Å². The third-order valence-corrected chi connectivity index (χ3v) is 2.61. The minimum Gasteiger partial charge on any atom is -0.465 e. The Kier molecular flexibility index (Phi) is 6.29. The molecule has 20 heavy (non-hydrogen) atoms. The van der Waals surface area contributed by atoms with Crippen LogP contribution in [0.1, 0.15) is 22.8 Å². The van der Waals surface area contributed by atoms with Crippen molar-refractivity contribution in [3.8, 4) is 0 Å². The molecule has 0 radical (unpaired) electrons. The molecule has 0 saturated heterocycles. The van der Waals surface area contributed by atoms with Crippen molar-refractivity contribution in [1.29, 1.82) is 0 Å². The number of hydrogen-bond acceptors (Lipinski definition) is 3. The highest BCUT2D eigenvalue weighted by Crippen LogP contribution is 2.06. The zero-order valence-electron chi connectivity index (χ0n) is 12.0. The van der Waals surface area contributed by atoms with Gasteiger partial charge >= 0.3 is 5.97 Å². The topological polar surface area (TPSA) is 76.7 Å². The number of guanidine groups is 1. The molecule has 0 aliphatic heterocycles. The fourth-order valence-electron chi connectivity index (χ4n) is 1.54. The molecule has 0 bridgehead atoms.